The Balaban J connectivity index is 2.35. The van der Waals surface area contributed by atoms with E-state index in [2.05, 4.69) is 16.9 Å². The van der Waals surface area contributed by atoms with Gasteiger partial charge in [-0.1, -0.05) is 0 Å². The molecule has 0 spiro atoms. The number of pyridine rings is 1. The second-order valence-electron chi connectivity index (χ2n) is 3.60. The van der Waals surface area contributed by atoms with Gasteiger partial charge in [0.15, 0.2) is 5.43 Å². The van der Waals surface area contributed by atoms with Gasteiger partial charge in [-0.3, -0.25) is 9.69 Å². The molecule has 0 aromatic carbocycles. The van der Waals surface area contributed by atoms with E-state index in [0.717, 1.165) is 18.5 Å². The van der Waals surface area contributed by atoms with E-state index in [0.29, 0.717) is 6.04 Å². The third-order valence-corrected chi connectivity index (χ3v) is 2.73. The number of aromatic nitrogens is 1. The molecule has 1 N–H and O–H groups in total. The zero-order valence-corrected chi connectivity index (χ0v) is 7.79. The maximum atomic E-state index is 11.5. The van der Waals surface area contributed by atoms with E-state index in [-0.39, 0.29) is 5.43 Å². The summed E-state index contributed by atoms with van der Waals surface area (Å²) >= 11 is 0. The van der Waals surface area contributed by atoms with Crippen molar-refractivity contribution in [2.75, 3.05) is 13.6 Å². The highest BCUT2D eigenvalue weighted by Crippen LogP contribution is 2.27. The maximum Gasteiger partial charge on any atom is 0.186 e. The minimum atomic E-state index is 0.150. The van der Waals surface area contributed by atoms with Crippen LogP contribution in [0.3, 0.4) is 0 Å². The molecule has 0 aliphatic carbocycles. The van der Waals surface area contributed by atoms with Crippen LogP contribution in [-0.2, 0) is 0 Å². The third-order valence-electron chi connectivity index (χ3n) is 2.73. The van der Waals surface area contributed by atoms with Gasteiger partial charge in [-0.25, -0.2) is 0 Å². The minimum Gasteiger partial charge on any atom is -0.367 e. The fourth-order valence-electron chi connectivity index (χ4n) is 1.99. The highest BCUT2D eigenvalue weighted by atomic mass is 16.1. The summed E-state index contributed by atoms with van der Waals surface area (Å²) in [5.74, 6) is 0. The van der Waals surface area contributed by atoms with Crippen molar-refractivity contribution in [3.05, 3.63) is 34.2 Å². The maximum absolute atomic E-state index is 11.5. The monoisotopic (exact) mass is 178 g/mol. The fourth-order valence-corrected chi connectivity index (χ4v) is 1.99. The Hall–Kier alpha value is -1.09. The zero-order valence-electron chi connectivity index (χ0n) is 7.79. The van der Waals surface area contributed by atoms with Crippen molar-refractivity contribution in [1.82, 2.24) is 9.88 Å². The number of H-pyrrole nitrogens is 1. The van der Waals surface area contributed by atoms with E-state index >= 15 is 0 Å². The average molecular weight is 178 g/mol. The van der Waals surface area contributed by atoms with Crippen LogP contribution in [0.4, 0.5) is 0 Å². The van der Waals surface area contributed by atoms with Crippen LogP contribution >= 0.6 is 0 Å². The molecule has 0 radical (unpaired) electrons. The molecule has 0 bridgehead atoms. The van der Waals surface area contributed by atoms with Crippen LogP contribution in [-0.4, -0.2) is 23.5 Å². The lowest BCUT2D eigenvalue weighted by Crippen LogP contribution is -2.22. The average Bonchev–Trinajstić information content (AvgIpc) is 2.52. The van der Waals surface area contributed by atoms with Crippen LogP contribution in [0, 0.1) is 0 Å². The summed E-state index contributed by atoms with van der Waals surface area (Å²) in [5.41, 5.74) is 1.06. The van der Waals surface area contributed by atoms with Gasteiger partial charge < -0.3 is 4.98 Å². The normalized spacial score (nSPS) is 23.6. The molecule has 1 aliphatic heterocycles. The second kappa shape index (κ2) is 3.34. The van der Waals surface area contributed by atoms with Crippen molar-refractivity contribution >= 4 is 0 Å². The van der Waals surface area contributed by atoms with Crippen molar-refractivity contribution in [3.8, 4) is 0 Å². The molecule has 0 amide bonds. The van der Waals surface area contributed by atoms with E-state index in [1.54, 1.807) is 12.3 Å². The molecular weight excluding hydrogens is 164 g/mol. The van der Waals surface area contributed by atoms with E-state index in [1.807, 2.05) is 6.20 Å². The second-order valence-corrected chi connectivity index (χ2v) is 3.60. The van der Waals surface area contributed by atoms with Gasteiger partial charge in [-0.2, -0.15) is 0 Å². The lowest BCUT2D eigenvalue weighted by molar-refractivity contribution is 0.315. The Bertz CT molecular complexity index is 345. The van der Waals surface area contributed by atoms with Crippen molar-refractivity contribution in [1.29, 1.82) is 0 Å². The van der Waals surface area contributed by atoms with Gasteiger partial charge >= 0.3 is 0 Å². The Kier molecular flexibility index (Phi) is 2.19. The quantitative estimate of drug-likeness (QED) is 0.700. The van der Waals surface area contributed by atoms with E-state index in [9.17, 15) is 4.79 Å². The molecular formula is C10H14N2O. The Morgan fingerprint density at radius 1 is 1.62 bits per heavy atom. The topological polar surface area (TPSA) is 36.1 Å². The molecule has 1 aliphatic rings. The lowest BCUT2D eigenvalue weighted by Gasteiger charge is -2.18. The van der Waals surface area contributed by atoms with Crippen molar-refractivity contribution < 1.29 is 0 Å². The highest BCUT2D eigenvalue weighted by molar-refractivity contribution is 5.15. The van der Waals surface area contributed by atoms with E-state index < -0.39 is 0 Å². The Morgan fingerprint density at radius 2 is 2.46 bits per heavy atom. The number of hydrogen-bond acceptors (Lipinski definition) is 2. The Labute approximate surface area is 77.4 Å². The van der Waals surface area contributed by atoms with Crippen LogP contribution in [0.15, 0.2) is 23.3 Å². The van der Waals surface area contributed by atoms with Gasteiger partial charge in [0.1, 0.15) is 0 Å². The molecule has 1 saturated heterocycles. The SMILES string of the molecule is CN1CCC[C@H]1c1c[nH]ccc1=O. The molecule has 1 aromatic rings. The summed E-state index contributed by atoms with van der Waals surface area (Å²) in [6.45, 7) is 1.10. The summed E-state index contributed by atoms with van der Waals surface area (Å²) in [4.78, 5) is 16.7. The summed E-state index contributed by atoms with van der Waals surface area (Å²) in [7, 11) is 2.07. The molecule has 13 heavy (non-hydrogen) atoms. The molecule has 1 atom stereocenters. The van der Waals surface area contributed by atoms with Gasteiger partial charge in [-0.15, -0.1) is 0 Å². The number of rotatable bonds is 1. The van der Waals surface area contributed by atoms with Gasteiger partial charge in [0.2, 0.25) is 0 Å². The Morgan fingerprint density at radius 3 is 3.08 bits per heavy atom. The predicted octanol–water partition coefficient (Wildman–Crippen LogP) is 1.14. The van der Waals surface area contributed by atoms with Crippen molar-refractivity contribution in [2.45, 2.75) is 18.9 Å². The first-order valence-electron chi connectivity index (χ1n) is 4.66. The number of nitrogens with zero attached hydrogens (tertiary/aromatic N) is 1. The highest BCUT2D eigenvalue weighted by Gasteiger charge is 2.24. The molecule has 70 valence electrons. The first kappa shape index (κ1) is 8.51. The first-order chi connectivity index (χ1) is 6.29. The smallest absolute Gasteiger partial charge is 0.186 e. The molecule has 0 saturated carbocycles. The molecule has 2 heterocycles. The van der Waals surface area contributed by atoms with Crippen LogP contribution in [0.25, 0.3) is 0 Å². The van der Waals surface area contributed by atoms with Gasteiger partial charge in [0.25, 0.3) is 0 Å². The molecule has 0 unspecified atom stereocenters. The number of aromatic amines is 1. The minimum absolute atomic E-state index is 0.150. The summed E-state index contributed by atoms with van der Waals surface area (Å²) in [6.07, 6.45) is 5.80. The van der Waals surface area contributed by atoms with E-state index in [1.165, 1.54) is 6.42 Å². The molecule has 3 heteroatoms. The first-order valence-corrected chi connectivity index (χ1v) is 4.66. The molecule has 1 fully saturated rings. The van der Waals surface area contributed by atoms with E-state index in [4.69, 9.17) is 0 Å². The lowest BCUT2D eigenvalue weighted by atomic mass is 10.1. The van der Waals surface area contributed by atoms with Crippen LogP contribution < -0.4 is 5.43 Å². The summed E-state index contributed by atoms with van der Waals surface area (Å²) in [6, 6.07) is 1.92. The molecule has 1 aromatic heterocycles. The van der Waals surface area contributed by atoms with Gasteiger partial charge in [-0.05, 0) is 26.4 Å². The largest absolute Gasteiger partial charge is 0.367 e. The van der Waals surface area contributed by atoms with Gasteiger partial charge in [0.05, 0.1) is 0 Å². The fraction of sp³-hybridized carbons (Fsp3) is 0.500. The predicted molar refractivity (Wildman–Crippen MR) is 51.7 cm³/mol. The van der Waals surface area contributed by atoms with Crippen LogP contribution in [0.2, 0.25) is 0 Å². The van der Waals surface area contributed by atoms with Crippen molar-refractivity contribution in [2.24, 2.45) is 0 Å². The summed E-state index contributed by atoms with van der Waals surface area (Å²) in [5, 5.41) is 0. The number of nitrogens with one attached hydrogen (secondary N) is 1. The summed E-state index contributed by atoms with van der Waals surface area (Å²) < 4.78 is 0. The number of likely N-dealkylation sites (tertiary alicyclic amines) is 1. The number of hydrogen-bond donors (Lipinski definition) is 1. The molecule has 2 rings (SSSR count). The van der Waals surface area contributed by atoms with Crippen LogP contribution in [0.1, 0.15) is 24.4 Å². The van der Waals surface area contributed by atoms with Crippen LogP contribution in [0.5, 0.6) is 0 Å². The standard InChI is InChI=1S/C10H14N2O/c1-12-6-2-3-9(12)8-7-11-5-4-10(8)13/h4-5,7,9H,2-3,6H2,1H3,(H,11,13)/t9-/m0/s1. The molecule has 3 nitrogen and oxygen atoms in total. The van der Waals surface area contributed by atoms with Crippen molar-refractivity contribution in [3.63, 3.8) is 0 Å². The van der Waals surface area contributed by atoms with Gasteiger partial charge in [0, 0.05) is 30.1 Å². The third kappa shape index (κ3) is 1.52. The zero-order chi connectivity index (χ0) is 9.26.